The second-order valence-corrected chi connectivity index (χ2v) is 2.83. The first-order chi connectivity index (χ1) is 4.88. The van der Waals surface area contributed by atoms with Crippen LogP contribution in [0.4, 0.5) is 4.39 Å². The molecule has 0 aliphatic heterocycles. The molecule has 50 valence electrons. The van der Waals surface area contributed by atoms with Gasteiger partial charge in [-0.15, -0.1) is 11.3 Å². The maximum absolute atomic E-state index is 12.8. The van der Waals surface area contributed by atoms with E-state index in [1.807, 2.05) is 6.07 Å². The van der Waals surface area contributed by atoms with Gasteiger partial charge in [0.25, 0.3) is 0 Å². The summed E-state index contributed by atoms with van der Waals surface area (Å²) < 4.78 is 13.7. The normalized spacial score (nSPS) is 10.5. The van der Waals surface area contributed by atoms with Gasteiger partial charge in [0.15, 0.2) is 0 Å². The van der Waals surface area contributed by atoms with Crippen molar-refractivity contribution < 1.29 is 4.39 Å². The van der Waals surface area contributed by atoms with E-state index in [0.717, 1.165) is 4.70 Å². The van der Waals surface area contributed by atoms with Crippen LogP contribution in [0.3, 0.4) is 0 Å². The molecule has 3 heteroatoms. The predicted octanol–water partition coefficient (Wildman–Crippen LogP) is 2.44. The third-order valence-electron chi connectivity index (χ3n) is 1.31. The van der Waals surface area contributed by atoms with Crippen LogP contribution in [0, 0.1) is 5.82 Å². The molecule has 0 bridgehead atoms. The van der Waals surface area contributed by atoms with Crippen LogP contribution < -0.4 is 0 Å². The number of hydrogen-bond acceptors (Lipinski definition) is 2. The lowest BCUT2D eigenvalue weighted by Crippen LogP contribution is -1.73. The summed E-state index contributed by atoms with van der Waals surface area (Å²) >= 11 is 1.45. The van der Waals surface area contributed by atoms with Crippen molar-refractivity contribution in [2.45, 2.75) is 0 Å². The van der Waals surface area contributed by atoms with Gasteiger partial charge in [0, 0.05) is 0 Å². The minimum atomic E-state index is -0.237. The van der Waals surface area contributed by atoms with Crippen molar-refractivity contribution in [1.82, 2.24) is 4.98 Å². The van der Waals surface area contributed by atoms with E-state index in [2.05, 4.69) is 4.98 Å². The van der Waals surface area contributed by atoms with E-state index in [9.17, 15) is 4.39 Å². The second kappa shape index (κ2) is 2.02. The van der Waals surface area contributed by atoms with Gasteiger partial charge in [-0.1, -0.05) is 6.07 Å². The molecule has 0 aliphatic rings. The van der Waals surface area contributed by atoms with E-state index < -0.39 is 0 Å². The molecule has 0 aliphatic carbocycles. The van der Waals surface area contributed by atoms with E-state index in [0.29, 0.717) is 5.52 Å². The fourth-order valence-electron chi connectivity index (χ4n) is 0.852. The van der Waals surface area contributed by atoms with E-state index in [4.69, 9.17) is 0 Å². The molecule has 1 aromatic heterocycles. The fourth-order valence-corrected chi connectivity index (χ4v) is 1.54. The van der Waals surface area contributed by atoms with E-state index in [-0.39, 0.29) is 5.82 Å². The van der Waals surface area contributed by atoms with Gasteiger partial charge in [-0.3, -0.25) is 0 Å². The Morgan fingerprint density at radius 2 is 2.30 bits per heavy atom. The molecule has 0 atom stereocenters. The number of rotatable bonds is 0. The highest BCUT2D eigenvalue weighted by atomic mass is 32.1. The average Bonchev–Trinajstić information content (AvgIpc) is 2.36. The lowest BCUT2D eigenvalue weighted by atomic mass is 10.3. The topological polar surface area (TPSA) is 12.9 Å². The van der Waals surface area contributed by atoms with Gasteiger partial charge < -0.3 is 0 Å². The number of para-hydroxylation sites is 1. The molecule has 0 spiro atoms. The smallest absolute Gasteiger partial charge is 0.150 e. The minimum Gasteiger partial charge on any atom is -0.242 e. The Balaban J connectivity index is 2.95. The summed E-state index contributed by atoms with van der Waals surface area (Å²) in [5.74, 6) is -0.237. The average molecular weight is 153 g/mol. The number of hydrogen-bond donors (Lipinski definition) is 0. The second-order valence-electron chi connectivity index (χ2n) is 1.94. The first-order valence-corrected chi connectivity index (χ1v) is 3.73. The quantitative estimate of drug-likeness (QED) is 0.566. The maximum Gasteiger partial charge on any atom is 0.150 e. The molecular formula is C7H4FNS. The molecule has 0 fully saturated rings. The molecule has 0 saturated carbocycles. The SMILES string of the molecule is Fc1cccc2scnc12. The zero-order valence-electron chi connectivity index (χ0n) is 5.04. The summed E-state index contributed by atoms with van der Waals surface area (Å²) in [5, 5.41) is 0. The van der Waals surface area contributed by atoms with E-state index in [1.54, 1.807) is 11.6 Å². The maximum atomic E-state index is 12.8. The minimum absolute atomic E-state index is 0.237. The van der Waals surface area contributed by atoms with Gasteiger partial charge in [-0.25, -0.2) is 9.37 Å². The third kappa shape index (κ3) is 0.708. The fraction of sp³-hybridized carbons (Fsp3) is 0. The number of halogens is 1. The van der Waals surface area contributed by atoms with Crippen molar-refractivity contribution in [2.75, 3.05) is 0 Å². The molecule has 1 heterocycles. The Hall–Kier alpha value is -0.960. The number of nitrogens with zero attached hydrogens (tertiary/aromatic N) is 1. The number of aromatic nitrogens is 1. The number of fused-ring (bicyclic) bond motifs is 1. The van der Waals surface area contributed by atoms with Gasteiger partial charge in [0.05, 0.1) is 10.2 Å². The van der Waals surface area contributed by atoms with Gasteiger partial charge in [0.1, 0.15) is 11.3 Å². The predicted molar refractivity (Wildman–Crippen MR) is 39.6 cm³/mol. The van der Waals surface area contributed by atoms with Crippen LogP contribution in [0.15, 0.2) is 23.7 Å². The Bertz CT molecular complexity index is 355. The molecule has 0 N–H and O–H groups in total. The molecule has 10 heavy (non-hydrogen) atoms. The van der Waals surface area contributed by atoms with Crippen LogP contribution in [0.1, 0.15) is 0 Å². The standard InChI is InChI=1S/C7H4FNS/c8-5-2-1-3-6-7(5)9-4-10-6/h1-4H. The third-order valence-corrected chi connectivity index (χ3v) is 2.11. The molecule has 0 unspecified atom stereocenters. The molecule has 2 rings (SSSR count). The molecule has 0 radical (unpaired) electrons. The molecular weight excluding hydrogens is 149 g/mol. The summed E-state index contributed by atoms with van der Waals surface area (Å²) in [6, 6.07) is 4.97. The highest BCUT2D eigenvalue weighted by Gasteiger charge is 1.99. The van der Waals surface area contributed by atoms with Crippen molar-refractivity contribution >= 4 is 21.6 Å². The first kappa shape index (κ1) is 5.80. The highest BCUT2D eigenvalue weighted by molar-refractivity contribution is 7.16. The molecule has 0 saturated heterocycles. The van der Waals surface area contributed by atoms with Gasteiger partial charge in [-0.05, 0) is 12.1 Å². The van der Waals surface area contributed by atoms with E-state index in [1.165, 1.54) is 17.4 Å². The van der Waals surface area contributed by atoms with Crippen molar-refractivity contribution in [3.63, 3.8) is 0 Å². The van der Waals surface area contributed by atoms with Crippen LogP contribution >= 0.6 is 11.3 Å². The zero-order valence-corrected chi connectivity index (χ0v) is 5.86. The highest BCUT2D eigenvalue weighted by Crippen LogP contribution is 2.19. The van der Waals surface area contributed by atoms with Crippen molar-refractivity contribution in [1.29, 1.82) is 0 Å². The number of benzene rings is 1. The summed E-state index contributed by atoms with van der Waals surface area (Å²) in [5.41, 5.74) is 2.13. The van der Waals surface area contributed by atoms with E-state index >= 15 is 0 Å². The van der Waals surface area contributed by atoms with Gasteiger partial charge >= 0.3 is 0 Å². The Morgan fingerprint density at radius 1 is 1.40 bits per heavy atom. The van der Waals surface area contributed by atoms with Crippen molar-refractivity contribution in [3.8, 4) is 0 Å². The monoisotopic (exact) mass is 153 g/mol. The molecule has 1 aromatic carbocycles. The van der Waals surface area contributed by atoms with Gasteiger partial charge in [0.2, 0.25) is 0 Å². The van der Waals surface area contributed by atoms with Crippen LogP contribution in [0.25, 0.3) is 10.2 Å². The summed E-state index contributed by atoms with van der Waals surface area (Å²) in [7, 11) is 0. The van der Waals surface area contributed by atoms with Crippen LogP contribution in [-0.4, -0.2) is 4.98 Å². The summed E-state index contributed by atoms with van der Waals surface area (Å²) in [6.07, 6.45) is 0. The Morgan fingerprint density at radius 3 is 3.10 bits per heavy atom. The van der Waals surface area contributed by atoms with Crippen molar-refractivity contribution in [2.24, 2.45) is 0 Å². The largest absolute Gasteiger partial charge is 0.242 e. The summed E-state index contributed by atoms with van der Waals surface area (Å²) in [6.45, 7) is 0. The molecule has 0 amide bonds. The first-order valence-electron chi connectivity index (χ1n) is 2.85. The van der Waals surface area contributed by atoms with Crippen LogP contribution in [0.2, 0.25) is 0 Å². The Labute approximate surface area is 61.1 Å². The van der Waals surface area contributed by atoms with Crippen LogP contribution in [-0.2, 0) is 0 Å². The lowest BCUT2D eigenvalue weighted by molar-refractivity contribution is 0.637. The molecule has 2 aromatic rings. The lowest BCUT2D eigenvalue weighted by Gasteiger charge is -1.86. The summed E-state index contributed by atoms with van der Waals surface area (Å²) in [4.78, 5) is 3.86. The zero-order chi connectivity index (χ0) is 6.97. The molecule has 1 nitrogen and oxygen atoms in total. The van der Waals surface area contributed by atoms with Crippen molar-refractivity contribution in [3.05, 3.63) is 29.5 Å². The number of thiazole rings is 1. The van der Waals surface area contributed by atoms with Crippen LogP contribution in [0.5, 0.6) is 0 Å². The van der Waals surface area contributed by atoms with Gasteiger partial charge in [-0.2, -0.15) is 0 Å². The Kier molecular flexibility index (Phi) is 1.17.